The number of nitrogens with zero attached hydrogens (tertiary/aromatic N) is 3. The smallest absolute Gasteiger partial charge is 0.264 e. The molecule has 1 aromatic heterocycles. The molecule has 0 bridgehead atoms. The molecule has 0 spiro atoms. The summed E-state index contributed by atoms with van der Waals surface area (Å²) >= 11 is 1.55. The molecule has 5 rings (SSSR count). The largest absolute Gasteiger partial charge is 0.370 e. The predicted octanol–water partition coefficient (Wildman–Crippen LogP) is 4.58. The van der Waals surface area contributed by atoms with Gasteiger partial charge in [0.25, 0.3) is 11.8 Å². The molecule has 3 aliphatic rings. The molecular weight excluding hydrogens is 434 g/mol. The number of fused-ring (bicyclic) bond motifs is 1. The maximum absolute atomic E-state index is 13.5. The molecule has 2 atom stereocenters. The monoisotopic (exact) mass is 465 g/mol. The Morgan fingerprint density at radius 3 is 2.55 bits per heavy atom. The molecule has 2 fully saturated rings. The van der Waals surface area contributed by atoms with Gasteiger partial charge in [0.05, 0.1) is 28.8 Å². The van der Waals surface area contributed by atoms with Crippen molar-refractivity contribution in [1.29, 1.82) is 0 Å². The van der Waals surface area contributed by atoms with Crippen LogP contribution in [0.15, 0.2) is 35.7 Å². The van der Waals surface area contributed by atoms with Gasteiger partial charge in [-0.3, -0.25) is 19.3 Å². The van der Waals surface area contributed by atoms with Crippen molar-refractivity contribution in [3.63, 3.8) is 0 Å². The first kappa shape index (κ1) is 22.1. The second-order valence-corrected chi connectivity index (χ2v) is 10.6. The fourth-order valence-electron chi connectivity index (χ4n) is 5.44. The first-order chi connectivity index (χ1) is 16.0. The summed E-state index contributed by atoms with van der Waals surface area (Å²) in [6.07, 6.45) is 3.93. The number of thiophene rings is 1. The lowest BCUT2D eigenvalue weighted by molar-refractivity contribution is -0.137. The molecule has 6 nitrogen and oxygen atoms in total. The average molecular weight is 466 g/mol. The van der Waals surface area contributed by atoms with E-state index in [-0.39, 0.29) is 29.7 Å². The van der Waals surface area contributed by atoms with Crippen LogP contribution in [0.2, 0.25) is 0 Å². The molecule has 0 aliphatic carbocycles. The summed E-state index contributed by atoms with van der Waals surface area (Å²) in [5.74, 6) is 0.410. The highest BCUT2D eigenvalue weighted by Crippen LogP contribution is 2.38. The van der Waals surface area contributed by atoms with E-state index in [1.165, 1.54) is 4.90 Å². The van der Waals surface area contributed by atoms with Crippen molar-refractivity contribution in [2.45, 2.75) is 45.6 Å². The van der Waals surface area contributed by atoms with Crippen LogP contribution in [0.4, 0.5) is 5.69 Å². The summed E-state index contributed by atoms with van der Waals surface area (Å²) in [6.45, 7) is 7.24. The third kappa shape index (κ3) is 3.97. The van der Waals surface area contributed by atoms with Crippen LogP contribution in [0.25, 0.3) is 0 Å². The molecule has 33 heavy (non-hydrogen) atoms. The first-order valence-corrected chi connectivity index (χ1v) is 12.9. The van der Waals surface area contributed by atoms with Gasteiger partial charge in [0.1, 0.15) is 0 Å². The van der Waals surface area contributed by atoms with Gasteiger partial charge in [0.15, 0.2) is 0 Å². The summed E-state index contributed by atoms with van der Waals surface area (Å²) < 4.78 is 0. The van der Waals surface area contributed by atoms with Crippen LogP contribution < -0.4 is 4.90 Å². The maximum atomic E-state index is 13.5. The van der Waals surface area contributed by atoms with E-state index in [2.05, 4.69) is 11.8 Å². The van der Waals surface area contributed by atoms with Gasteiger partial charge < -0.3 is 9.80 Å². The highest BCUT2D eigenvalue weighted by Gasteiger charge is 2.42. The first-order valence-electron chi connectivity index (χ1n) is 12.0. The Labute approximate surface area is 199 Å². The zero-order valence-electron chi connectivity index (χ0n) is 19.3. The number of piperidine rings is 2. The summed E-state index contributed by atoms with van der Waals surface area (Å²) in [5, 5.41) is 1.96. The zero-order valence-corrected chi connectivity index (χ0v) is 20.1. The van der Waals surface area contributed by atoms with Crippen molar-refractivity contribution < 1.29 is 14.4 Å². The van der Waals surface area contributed by atoms with Crippen molar-refractivity contribution >= 4 is 34.7 Å². The van der Waals surface area contributed by atoms with Gasteiger partial charge in [-0.1, -0.05) is 19.1 Å². The van der Waals surface area contributed by atoms with Crippen molar-refractivity contribution in [2.24, 2.45) is 11.8 Å². The van der Waals surface area contributed by atoms with Crippen LogP contribution in [0.1, 0.15) is 71.2 Å². The van der Waals surface area contributed by atoms with Gasteiger partial charge in [-0.25, -0.2) is 0 Å². The van der Waals surface area contributed by atoms with E-state index in [1.807, 2.05) is 41.5 Å². The van der Waals surface area contributed by atoms with Crippen LogP contribution in [0.5, 0.6) is 0 Å². The van der Waals surface area contributed by atoms with E-state index in [4.69, 9.17) is 0 Å². The summed E-state index contributed by atoms with van der Waals surface area (Å²) in [7, 11) is 0. The second-order valence-electron chi connectivity index (χ2n) is 9.66. The third-order valence-corrected chi connectivity index (χ3v) is 8.52. The van der Waals surface area contributed by atoms with Crippen LogP contribution in [0, 0.1) is 11.8 Å². The number of carbonyl (C=O) groups is 3. The number of imide groups is 1. The Balaban J connectivity index is 1.38. The molecule has 3 aliphatic heterocycles. The van der Waals surface area contributed by atoms with Crippen LogP contribution in [-0.4, -0.2) is 53.7 Å². The van der Waals surface area contributed by atoms with Gasteiger partial charge in [-0.05, 0) is 62.1 Å². The zero-order chi connectivity index (χ0) is 23.1. The Hall–Kier alpha value is -2.67. The molecule has 2 unspecified atom stereocenters. The van der Waals surface area contributed by atoms with E-state index in [1.54, 1.807) is 17.4 Å². The highest BCUT2D eigenvalue weighted by molar-refractivity contribution is 7.10. The fraction of sp³-hybridized carbons (Fsp3) is 0.500. The number of rotatable bonds is 4. The number of benzene rings is 1. The Bertz CT molecular complexity index is 1060. The van der Waals surface area contributed by atoms with E-state index in [0.717, 1.165) is 55.9 Å². The number of amides is 3. The molecule has 3 amide bonds. The van der Waals surface area contributed by atoms with Gasteiger partial charge in [0, 0.05) is 31.1 Å². The quantitative estimate of drug-likeness (QED) is 0.620. The lowest BCUT2D eigenvalue weighted by atomic mass is 9.92. The Morgan fingerprint density at radius 1 is 1.03 bits per heavy atom. The lowest BCUT2D eigenvalue weighted by Gasteiger charge is -2.38. The molecule has 4 heterocycles. The van der Waals surface area contributed by atoms with Crippen LogP contribution in [-0.2, 0) is 4.79 Å². The normalized spacial score (nSPS) is 22.6. The van der Waals surface area contributed by atoms with E-state index < -0.39 is 0 Å². The minimum absolute atomic E-state index is 0.0589. The SMILES string of the molecule is CC1CCN(C(=O)C2CCCN(c3cccc4c3C(=O)N(C(C)c3cccs3)C4=O)C2)CC1. The second kappa shape index (κ2) is 8.93. The molecular formula is C26H31N3O3S. The van der Waals surface area contributed by atoms with Gasteiger partial charge in [-0.2, -0.15) is 0 Å². The topological polar surface area (TPSA) is 60.9 Å². The summed E-state index contributed by atoms with van der Waals surface area (Å²) in [4.78, 5) is 46.5. The van der Waals surface area contributed by atoms with Gasteiger partial charge in [0.2, 0.25) is 5.91 Å². The maximum Gasteiger partial charge on any atom is 0.264 e. The third-order valence-electron chi connectivity index (χ3n) is 7.47. The summed E-state index contributed by atoms with van der Waals surface area (Å²) in [6, 6.07) is 9.13. The van der Waals surface area contributed by atoms with Gasteiger partial charge in [-0.15, -0.1) is 11.3 Å². The minimum atomic E-state index is -0.303. The lowest BCUT2D eigenvalue weighted by Crippen LogP contribution is -2.47. The number of anilines is 1. The van der Waals surface area contributed by atoms with E-state index in [9.17, 15) is 14.4 Å². The van der Waals surface area contributed by atoms with Crippen molar-refractivity contribution in [3.05, 3.63) is 51.7 Å². The standard InChI is InChI=1S/C26H31N3O3S/c1-17-10-13-27(14-11-17)24(30)19-6-4-12-28(16-19)21-8-3-7-20-23(21)26(32)29(25(20)31)18(2)22-9-5-15-33-22/h3,5,7-9,15,17-19H,4,6,10-14,16H2,1-2H3. The molecule has 0 N–H and O–H groups in total. The fourth-order valence-corrected chi connectivity index (χ4v) is 6.22. The van der Waals surface area contributed by atoms with Crippen molar-refractivity contribution in [2.75, 3.05) is 31.1 Å². The van der Waals surface area contributed by atoms with Crippen LogP contribution in [0.3, 0.4) is 0 Å². The highest BCUT2D eigenvalue weighted by atomic mass is 32.1. The van der Waals surface area contributed by atoms with Gasteiger partial charge >= 0.3 is 0 Å². The molecule has 2 saturated heterocycles. The minimum Gasteiger partial charge on any atom is -0.370 e. The van der Waals surface area contributed by atoms with Crippen molar-refractivity contribution in [1.82, 2.24) is 9.80 Å². The molecule has 0 saturated carbocycles. The van der Waals surface area contributed by atoms with E-state index in [0.29, 0.717) is 23.6 Å². The number of hydrogen-bond donors (Lipinski definition) is 0. The number of hydrogen-bond acceptors (Lipinski definition) is 5. The number of carbonyl (C=O) groups excluding carboxylic acids is 3. The number of likely N-dealkylation sites (tertiary alicyclic amines) is 1. The van der Waals surface area contributed by atoms with Crippen LogP contribution >= 0.6 is 11.3 Å². The molecule has 0 radical (unpaired) electrons. The Morgan fingerprint density at radius 2 is 1.82 bits per heavy atom. The molecule has 2 aromatic rings. The average Bonchev–Trinajstić information content (AvgIpc) is 3.46. The van der Waals surface area contributed by atoms with Crippen molar-refractivity contribution in [3.8, 4) is 0 Å². The molecule has 7 heteroatoms. The predicted molar refractivity (Wildman–Crippen MR) is 130 cm³/mol. The molecule has 1 aromatic carbocycles. The van der Waals surface area contributed by atoms with E-state index >= 15 is 0 Å². The molecule has 174 valence electrons. The summed E-state index contributed by atoms with van der Waals surface area (Å²) in [5.41, 5.74) is 1.75. The Kier molecular flexibility index (Phi) is 5.99.